The van der Waals surface area contributed by atoms with E-state index in [4.69, 9.17) is 11.6 Å². The summed E-state index contributed by atoms with van der Waals surface area (Å²) in [7, 11) is -4.29. The maximum Gasteiger partial charge on any atom is 0.265 e. The molecular formula is C14H8BrClF3N3O2S. The van der Waals surface area contributed by atoms with Gasteiger partial charge in [-0.1, -0.05) is 11.6 Å². The first-order valence-electron chi connectivity index (χ1n) is 6.62. The predicted octanol–water partition coefficient (Wildman–Crippen LogP) is 4.63. The van der Waals surface area contributed by atoms with Gasteiger partial charge in [-0.2, -0.15) is 5.10 Å². The van der Waals surface area contributed by atoms with E-state index in [1.807, 2.05) is 4.72 Å². The minimum absolute atomic E-state index is 0.188. The van der Waals surface area contributed by atoms with Gasteiger partial charge in [0.15, 0.2) is 0 Å². The summed E-state index contributed by atoms with van der Waals surface area (Å²) < 4.78 is 68.1. The van der Waals surface area contributed by atoms with E-state index in [0.29, 0.717) is 11.1 Å². The van der Waals surface area contributed by atoms with Crippen LogP contribution in [0, 0.1) is 5.82 Å². The molecule has 2 heterocycles. The van der Waals surface area contributed by atoms with E-state index in [0.717, 1.165) is 12.3 Å². The minimum atomic E-state index is -4.29. The van der Waals surface area contributed by atoms with E-state index in [1.165, 1.54) is 22.8 Å². The minimum Gasteiger partial charge on any atom is -0.279 e. The van der Waals surface area contributed by atoms with Crippen LogP contribution in [-0.4, -0.2) is 18.0 Å². The summed E-state index contributed by atoms with van der Waals surface area (Å²) in [6.07, 6.45) is -0.567. The van der Waals surface area contributed by atoms with Gasteiger partial charge in [-0.3, -0.25) is 4.72 Å². The molecule has 5 nitrogen and oxygen atoms in total. The Bertz CT molecular complexity index is 1070. The number of pyridine rings is 1. The molecule has 0 radical (unpaired) electrons. The van der Waals surface area contributed by atoms with E-state index < -0.39 is 33.5 Å². The molecule has 3 aromatic rings. The lowest BCUT2D eigenvalue weighted by molar-refractivity contribution is 0.152. The van der Waals surface area contributed by atoms with Crippen molar-refractivity contribution in [3.8, 4) is 0 Å². The number of fused-ring (bicyclic) bond motifs is 1. The summed E-state index contributed by atoms with van der Waals surface area (Å²) in [5.74, 6) is -0.881. The Kier molecular flexibility index (Phi) is 4.69. The lowest BCUT2D eigenvalue weighted by Gasteiger charge is -2.12. The van der Waals surface area contributed by atoms with Crippen LogP contribution in [0.15, 0.2) is 46.0 Å². The van der Waals surface area contributed by atoms with Crippen LogP contribution in [0.25, 0.3) is 5.52 Å². The average Bonchev–Trinajstić information content (AvgIpc) is 2.93. The van der Waals surface area contributed by atoms with Gasteiger partial charge in [0.25, 0.3) is 16.4 Å². The van der Waals surface area contributed by atoms with Crippen LogP contribution < -0.4 is 4.72 Å². The zero-order valence-electron chi connectivity index (χ0n) is 12.1. The molecule has 132 valence electrons. The summed E-state index contributed by atoms with van der Waals surface area (Å²) >= 11 is 8.60. The number of nitrogens with zero attached hydrogens (tertiary/aromatic N) is 2. The molecule has 0 atom stereocenters. The van der Waals surface area contributed by atoms with Crippen molar-refractivity contribution in [1.82, 2.24) is 9.61 Å². The quantitative estimate of drug-likeness (QED) is 0.625. The van der Waals surface area contributed by atoms with Crippen LogP contribution in [0.1, 0.15) is 12.0 Å². The van der Waals surface area contributed by atoms with Gasteiger partial charge in [-0.05, 0) is 40.2 Å². The smallest absolute Gasteiger partial charge is 0.265 e. The molecule has 0 aliphatic carbocycles. The summed E-state index contributed by atoms with van der Waals surface area (Å²) in [6.45, 7) is 0. The van der Waals surface area contributed by atoms with Crippen molar-refractivity contribution in [2.75, 3.05) is 4.72 Å². The molecule has 0 saturated carbocycles. The molecule has 25 heavy (non-hydrogen) atoms. The van der Waals surface area contributed by atoms with E-state index in [-0.39, 0.29) is 14.9 Å². The fourth-order valence-electron chi connectivity index (χ4n) is 2.17. The van der Waals surface area contributed by atoms with Gasteiger partial charge in [0.2, 0.25) is 0 Å². The Balaban J connectivity index is 2.09. The van der Waals surface area contributed by atoms with Crippen LogP contribution >= 0.6 is 27.5 Å². The highest BCUT2D eigenvalue weighted by atomic mass is 79.9. The maximum absolute atomic E-state index is 13.7. The first-order valence-corrected chi connectivity index (χ1v) is 9.27. The van der Waals surface area contributed by atoms with E-state index in [9.17, 15) is 21.6 Å². The SMILES string of the molecule is O=S(=O)(Nc1cc(F)c(Br)cc1C(F)F)c1cnn2cc(Cl)ccc12. The number of aromatic nitrogens is 2. The number of sulfonamides is 1. The Hall–Kier alpha value is -1.78. The first-order chi connectivity index (χ1) is 11.7. The first kappa shape index (κ1) is 18.0. The van der Waals surface area contributed by atoms with Crippen molar-refractivity contribution < 1.29 is 21.6 Å². The Morgan fingerprint density at radius 2 is 2.00 bits per heavy atom. The lowest BCUT2D eigenvalue weighted by atomic mass is 10.2. The van der Waals surface area contributed by atoms with Crippen LogP contribution in [0.2, 0.25) is 5.02 Å². The molecule has 0 saturated heterocycles. The molecule has 0 fully saturated rings. The molecule has 0 unspecified atom stereocenters. The van der Waals surface area contributed by atoms with Crippen molar-refractivity contribution in [2.45, 2.75) is 11.3 Å². The molecule has 0 spiro atoms. The third-order valence-corrected chi connectivity index (χ3v) is 5.52. The van der Waals surface area contributed by atoms with Crippen molar-refractivity contribution in [1.29, 1.82) is 0 Å². The summed E-state index contributed by atoms with van der Waals surface area (Å²) in [6, 6.07) is 4.39. The van der Waals surface area contributed by atoms with Gasteiger partial charge >= 0.3 is 0 Å². The van der Waals surface area contributed by atoms with Crippen molar-refractivity contribution in [3.63, 3.8) is 0 Å². The average molecular weight is 455 g/mol. The number of rotatable bonds is 4. The monoisotopic (exact) mass is 453 g/mol. The number of hydrogen-bond acceptors (Lipinski definition) is 3. The van der Waals surface area contributed by atoms with Gasteiger partial charge in [0, 0.05) is 11.8 Å². The summed E-state index contributed by atoms with van der Waals surface area (Å²) in [4.78, 5) is -0.257. The van der Waals surface area contributed by atoms with E-state index >= 15 is 0 Å². The van der Waals surface area contributed by atoms with Crippen molar-refractivity contribution in [3.05, 3.63) is 57.5 Å². The third-order valence-electron chi connectivity index (χ3n) is 3.31. The van der Waals surface area contributed by atoms with Gasteiger partial charge in [0.1, 0.15) is 10.7 Å². The van der Waals surface area contributed by atoms with Crippen LogP contribution in [-0.2, 0) is 10.0 Å². The fraction of sp³-hybridized carbons (Fsp3) is 0.0714. The predicted molar refractivity (Wildman–Crippen MR) is 90.1 cm³/mol. The molecule has 0 bridgehead atoms. The summed E-state index contributed by atoms with van der Waals surface area (Å²) in [5.41, 5.74) is -1.02. The lowest BCUT2D eigenvalue weighted by Crippen LogP contribution is -2.14. The van der Waals surface area contributed by atoms with Crippen LogP contribution in [0.5, 0.6) is 0 Å². The zero-order valence-corrected chi connectivity index (χ0v) is 15.2. The molecule has 1 N–H and O–H groups in total. The molecular weight excluding hydrogens is 447 g/mol. The number of halogens is 5. The highest BCUT2D eigenvalue weighted by molar-refractivity contribution is 9.10. The van der Waals surface area contributed by atoms with Crippen molar-refractivity contribution >= 4 is 48.8 Å². The maximum atomic E-state index is 13.7. The molecule has 0 aliphatic rings. The van der Waals surface area contributed by atoms with Gasteiger partial charge in [-0.15, -0.1) is 0 Å². The largest absolute Gasteiger partial charge is 0.279 e. The number of hydrogen-bond donors (Lipinski definition) is 1. The molecule has 0 amide bonds. The molecule has 2 aromatic heterocycles. The van der Waals surface area contributed by atoms with Gasteiger partial charge in [-0.25, -0.2) is 26.1 Å². The van der Waals surface area contributed by atoms with Crippen LogP contribution in [0.3, 0.4) is 0 Å². The van der Waals surface area contributed by atoms with E-state index in [1.54, 1.807) is 0 Å². The zero-order chi connectivity index (χ0) is 18.4. The normalized spacial score (nSPS) is 12.1. The highest BCUT2D eigenvalue weighted by Gasteiger charge is 2.24. The van der Waals surface area contributed by atoms with Crippen molar-refractivity contribution in [2.24, 2.45) is 0 Å². The third kappa shape index (κ3) is 3.46. The number of benzene rings is 1. The van der Waals surface area contributed by atoms with Gasteiger partial charge in [0.05, 0.1) is 26.9 Å². The number of alkyl halides is 2. The number of nitrogens with one attached hydrogen (secondary N) is 1. The standard InChI is InChI=1S/C14H8BrClF3N3O2S/c15-9-3-8(14(18)19)11(4-10(9)17)21-25(23,24)13-5-20-22-6-7(16)1-2-12(13)22/h1-6,14,21H. The Morgan fingerprint density at radius 3 is 2.68 bits per heavy atom. The topological polar surface area (TPSA) is 63.5 Å². The molecule has 11 heteroatoms. The number of anilines is 1. The highest BCUT2D eigenvalue weighted by Crippen LogP contribution is 2.33. The Morgan fingerprint density at radius 1 is 1.28 bits per heavy atom. The molecule has 0 aliphatic heterocycles. The second-order valence-corrected chi connectivity index (χ2v) is 7.89. The molecule has 1 aromatic carbocycles. The fourth-order valence-corrected chi connectivity index (χ4v) is 3.89. The second kappa shape index (κ2) is 6.50. The molecule has 3 rings (SSSR count). The van der Waals surface area contributed by atoms with Gasteiger partial charge < -0.3 is 0 Å². The van der Waals surface area contributed by atoms with Crippen LogP contribution in [0.4, 0.5) is 18.9 Å². The second-order valence-electron chi connectivity index (χ2n) is 4.95. The Labute approximate surface area is 153 Å². The van der Waals surface area contributed by atoms with E-state index in [2.05, 4.69) is 21.0 Å². The summed E-state index contributed by atoms with van der Waals surface area (Å²) in [5, 5.41) is 4.20.